The fourth-order valence-corrected chi connectivity index (χ4v) is 3.67. The van der Waals surface area contributed by atoms with E-state index in [0.29, 0.717) is 10.9 Å². The van der Waals surface area contributed by atoms with Crippen LogP contribution in [0.25, 0.3) is 0 Å². The second kappa shape index (κ2) is 9.30. The van der Waals surface area contributed by atoms with Crippen LogP contribution in [0.15, 0.2) is 55.1 Å². The second-order valence-electron chi connectivity index (χ2n) is 6.54. The highest BCUT2D eigenvalue weighted by atomic mass is 35.5. The summed E-state index contributed by atoms with van der Waals surface area (Å²) in [4.78, 5) is 0. The molecule has 0 aliphatic carbocycles. The Labute approximate surface area is 156 Å². The highest BCUT2D eigenvalue weighted by Crippen LogP contribution is 2.34. The Balaban J connectivity index is 2.01. The van der Waals surface area contributed by atoms with Crippen molar-refractivity contribution in [2.45, 2.75) is 45.4 Å². The van der Waals surface area contributed by atoms with Crippen molar-refractivity contribution in [1.82, 2.24) is 0 Å². The Bertz CT molecular complexity index is 658. The number of halogens is 2. The molecule has 0 aliphatic rings. The summed E-state index contributed by atoms with van der Waals surface area (Å²) in [5, 5.41) is 1.42. The standard InChI is InChI=1S/C22H26Cl2/c1-4-17(10-11-18-8-6-16(3)7-9-18)14-19(5-2)21-13-12-20(23)15-22(21)24/h5-9,12-13,15,17,19H,2,4,10-11,14H2,1,3H3/t17-,19?/m0/s1. The maximum Gasteiger partial charge on any atom is 0.0458 e. The third-order valence-electron chi connectivity index (χ3n) is 4.77. The van der Waals surface area contributed by atoms with Crippen molar-refractivity contribution in [2.24, 2.45) is 5.92 Å². The van der Waals surface area contributed by atoms with Gasteiger partial charge in [0.15, 0.2) is 0 Å². The molecule has 0 bridgehead atoms. The third kappa shape index (κ3) is 5.40. The van der Waals surface area contributed by atoms with Crippen LogP contribution in [0.4, 0.5) is 0 Å². The van der Waals surface area contributed by atoms with Crippen LogP contribution in [0, 0.1) is 12.8 Å². The summed E-state index contributed by atoms with van der Waals surface area (Å²) < 4.78 is 0. The Morgan fingerprint density at radius 1 is 1.08 bits per heavy atom. The molecule has 0 aromatic heterocycles. The Hall–Kier alpha value is -1.24. The Morgan fingerprint density at radius 2 is 1.79 bits per heavy atom. The normalized spacial score (nSPS) is 13.5. The minimum atomic E-state index is 0.276. The van der Waals surface area contributed by atoms with Gasteiger partial charge in [-0.2, -0.15) is 0 Å². The molecule has 2 aromatic carbocycles. The lowest BCUT2D eigenvalue weighted by molar-refractivity contribution is 0.420. The summed E-state index contributed by atoms with van der Waals surface area (Å²) >= 11 is 12.4. The van der Waals surface area contributed by atoms with Crippen LogP contribution >= 0.6 is 23.2 Å². The molecule has 2 aromatic rings. The van der Waals surface area contributed by atoms with E-state index in [1.807, 2.05) is 24.3 Å². The fourth-order valence-electron chi connectivity index (χ4n) is 3.13. The smallest absolute Gasteiger partial charge is 0.0458 e. The van der Waals surface area contributed by atoms with Crippen molar-refractivity contribution >= 4 is 23.2 Å². The molecule has 24 heavy (non-hydrogen) atoms. The lowest BCUT2D eigenvalue weighted by atomic mass is 9.84. The molecule has 0 saturated heterocycles. The van der Waals surface area contributed by atoms with Gasteiger partial charge >= 0.3 is 0 Å². The predicted molar refractivity (Wildman–Crippen MR) is 107 cm³/mol. The molecule has 0 fully saturated rings. The van der Waals surface area contributed by atoms with Crippen molar-refractivity contribution in [2.75, 3.05) is 0 Å². The van der Waals surface area contributed by atoms with Gasteiger partial charge < -0.3 is 0 Å². The number of rotatable bonds is 8. The van der Waals surface area contributed by atoms with Crippen LogP contribution in [0.5, 0.6) is 0 Å². The van der Waals surface area contributed by atoms with Gasteiger partial charge in [-0.15, -0.1) is 6.58 Å². The molecule has 0 aliphatic heterocycles. The highest BCUT2D eigenvalue weighted by molar-refractivity contribution is 6.35. The van der Waals surface area contributed by atoms with Gasteiger partial charge in [0.1, 0.15) is 0 Å². The quantitative estimate of drug-likeness (QED) is 0.424. The Kier molecular flexibility index (Phi) is 7.40. The van der Waals surface area contributed by atoms with Gasteiger partial charge in [-0.1, -0.05) is 78.5 Å². The number of hydrogen-bond acceptors (Lipinski definition) is 0. The molecule has 0 amide bonds. The summed E-state index contributed by atoms with van der Waals surface area (Å²) in [6.45, 7) is 8.42. The highest BCUT2D eigenvalue weighted by Gasteiger charge is 2.17. The molecule has 128 valence electrons. The van der Waals surface area contributed by atoms with Gasteiger partial charge in [0.2, 0.25) is 0 Å². The minimum Gasteiger partial charge on any atom is -0.102 e. The maximum atomic E-state index is 6.39. The van der Waals surface area contributed by atoms with Crippen LogP contribution in [0.2, 0.25) is 10.0 Å². The van der Waals surface area contributed by atoms with E-state index in [-0.39, 0.29) is 5.92 Å². The van der Waals surface area contributed by atoms with Crippen LogP contribution in [-0.2, 0) is 6.42 Å². The van der Waals surface area contributed by atoms with Gasteiger partial charge in [0, 0.05) is 16.0 Å². The lowest BCUT2D eigenvalue weighted by Crippen LogP contribution is -2.07. The monoisotopic (exact) mass is 360 g/mol. The summed E-state index contributed by atoms with van der Waals surface area (Å²) in [6.07, 6.45) is 6.57. The van der Waals surface area contributed by atoms with Gasteiger partial charge in [-0.05, 0) is 55.4 Å². The summed E-state index contributed by atoms with van der Waals surface area (Å²) in [5.74, 6) is 0.929. The first-order valence-electron chi connectivity index (χ1n) is 8.66. The number of hydrogen-bond donors (Lipinski definition) is 0. The van der Waals surface area contributed by atoms with Crippen molar-refractivity contribution in [1.29, 1.82) is 0 Å². The van der Waals surface area contributed by atoms with Gasteiger partial charge in [0.05, 0.1) is 0 Å². The van der Waals surface area contributed by atoms with E-state index in [0.717, 1.165) is 23.4 Å². The molecule has 0 radical (unpaired) electrons. The summed E-state index contributed by atoms with van der Waals surface area (Å²) in [7, 11) is 0. The number of allylic oxidation sites excluding steroid dienone is 1. The molecule has 0 heterocycles. The first-order valence-corrected chi connectivity index (χ1v) is 9.42. The van der Waals surface area contributed by atoms with E-state index in [9.17, 15) is 0 Å². The van der Waals surface area contributed by atoms with E-state index in [4.69, 9.17) is 23.2 Å². The molecule has 2 heteroatoms. The minimum absolute atomic E-state index is 0.276. The molecule has 0 N–H and O–H groups in total. The molecule has 2 atom stereocenters. The van der Waals surface area contributed by atoms with E-state index in [1.165, 1.54) is 24.0 Å². The van der Waals surface area contributed by atoms with Crippen molar-refractivity contribution in [3.63, 3.8) is 0 Å². The van der Waals surface area contributed by atoms with Crippen molar-refractivity contribution in [3.05, 3.63) is 81.9 Å². The van der Waals surface area contributed by atoms with Gasteiger partial charge in [-0.3, -0.25) is 0 Å². The van der Waals surface area contributed by atoms with Crippen molar-refractivity contribution < 1.29 is 0 Å². The molecule has 0 nitrogen and oxygen atoms in total. The number of aryl methyl sites for hydroxylation is 2. The number of benzene rings is 2. The lowest BCUT2D eigenvalue weighted by Gasteiger charge is -2.22. The van der Waals surface area contributed by atoms with Crippen LogP contribution in [-0.4, -0.2) is 0 Å². The van der Waals surface area contributed by atoms with Crippen molar-refractivity contribution in [3.8, 4) is 0 Å². The molecular formula is C22H26Cl2. The SMILES string of the molecule is C=CC(C[C@@H](CC)CCc1ccc(C)cc1)c1ccc(Cl)cc1Cl. The van der Waals surface area contributed by atoms with E-state index in [2.05, 4.69) is 44.7 Å². The first kappa shape index (κ1) is 19.1. The maximum absolute atomic E-state index is 6.39. The van der Waals surface area contributed by atoms with Gasteiger partial charge in [-0.25, -0.2) is 0 Å². The molecule has 0 spiro atoms. The largest absolute Gasteiger partial charge is 0.102 e. The average molecular weight is 361 g/mol. The van der Waals surface area contributed by atoms with Crippen LogP contribution in [0.1, 0.15) is 48.8 Å². The summed E-state index contributed by atoms with van der Waals surface area (Å²) in [6, 6.07) is 14.6. The third-order valence-corrected chi connectivity index (χ3v) is 5.34. The molecular weight excluding hydrogens is 335 g/mol. The van der Waals surface area contributed by atoms with Crippen LogP contribution < -0.4 is 0 Å². The van der Waals surface area contributed by atoms with Crippen LogP contribution in [0.3, 0.4) is 0 Å². The van der Waals surface area contributed by atoms with E-state index in [1.54, 1.807) is 0 Å². The molecule has 2 rings (SSSR count). The second-order valence-corrected chi connectivity index (χ2v) is 7.39. The first-order chi connectivity index (χ1) is 11.5. The average Bonchev–Trinajstić information content (AvgIpc) is 2.57. The fraction of sp³-hybridized carbons (Fsp3) is 0.364. The molecule has 0 saturated carbocycles. The zero-order chi connectivity index (χ0) is 17.5. The van der Waals surface area contributed by atoms with E-state index >= 15 is 0 Å². The molecule has 1 unspecified atom stereocenters. The van der Waals surface area contributed by atoms with E-state index < -0.39 is 0 Å². The zero-order valence-corrected chi connectivity index (χ0v) is 16.1. The van der Waals surface area contributed by atoms with Gasteiger partial charge in [0.25, 0.3) is 0 Å². The summed E-state index contributed by atoms with van der Waals surface area (Å²) in [5.41, 5.74) is 3.86. The zero-order valence-electron chi connectivity index (χ0n) is 14.6. The Morgan fingerprint density at radius 3 is 2.38 bits per heavy atom. The topological polar surface area (TPSA) is 0 Å². The predicted octanol–water partition coefficient (Wildman–Crippen LogP) is 7.62.